The fourth-order valence-corrected chi connectivity index (χ4v) is 4.80. The number of carbonyl (C=O) groups is 1. The van der Waals surface area contributed by atoms with Gasteiger partial charge in [0.05, 0.1) is 11.4 Å². The van der Waals surface area contributed by atoms with Crippen LogP contribution in [0.1, 0.15) is 27.3 Å². The summed E-state index contributed by atoms with van der Waals surface area (Å²) in [5.41, 5.74) is 4.19. The topological polar surface area (TPSA) is 61.4 Å². The second-order valence-corrected chi connectivity index (χ2v) is 8.92. The molecule has 1 aliphatic heterocycles. The summed E-state index contributed by atoms with van der Waals surface area (Å²) in [6.07, 6.45) is 2.69. The molecule has 1 fully saturated rings. The molecule has 0 bridgehead atoms. The smallest absolute Gasteiger partial charge is 0.263 e. The van der Waals surface area contributed by atoms with Crippen LogP contribution in [-0.4, -0.2) is 60.0 Å². The molecule has 3 aromatic rings. The lowest BCUT2D eigenvalue weighted by molar-refractivity contribution is 0.0954. The number of hydrogen-bond acceptors (Lipinski definition) is 6. The first kappa shape index (κ1) is 21.5. The molecule has 0 radical (unpaired) electrons. The van der Waals surface area contributed by atoms with Gasteiger partial charge in [-0.15, -0.1) is 11.3 Å². The SMILES string of the molecule is Cc1cccc(N2CCN(CCCNC(=O)c3sc(-c4ccccn4)nc3C)CC2)c1. The third kappa shape index (κ3) is 5.48. The van der Waals surface area contributed by atoms with Crippen molar-refractivity contribution >= 4 is 22.9 Å². The molecule has 2 aromatic heterocycles. The van der Waals surface area contributed by atoms with Gasteiger partial charge < -0.3 is 10.2 Å². The van der Waals surface area contributed by atoms with Gasteiger partial charge in [-0.3, -0.25) is 14.7 Å². The molecule has 7 heteroatoms. The van der Waals surface area contributed by atoms with E-state index in [9.17, 15) is 4.79 Å². The van der Waals surface area contributed by atoms with Crippen molar-refractivity contribution in [2.24, 2.45) is 0 Å². The average Bonchev–Trinajstić information content (AvgIpc) is 3.19. The van der Waals surface area contributed by atoms with Crippen LogP contribution in [0.2, 0.25) is 0 Å². The first-order valence-corrected chi connectivity index (χ1v) is 11.6. The molecule has 0 saturated carbocycles. The second kappa shape index (κ2) is 10.0. The van der Waals surface area contributed by atoms with Gasteiger partial charge in [0.15, 0.2) is 0 Å². The number of rotatable bonds is 7. The van der Waals surface area contributed by atoms with Gasteiger partial charge in [-0.2, -0.15) is 0 Å². The molecule has 1 aromatic carbocycles. The standard InChI is InChI=1S/C24H29N5OS/c1-18-7-5-8-20(17-18)29-15-13-28(14-16-29)12-6-11-26-23(30)22-19(2)27-24(31-22)21-9-3-4-10-25-21/h3-5,7-10,17H,6,11-16H2,1-2H3,(H,26,30). The molecule has 1 amide bonds. The molecule has 0 spiro atoms. The first-order valence-electron chi connectivity index (χ1n) is 10.8. The minimum atomic E-state index is -0.0403. The van der Waals surface area contributed by atoms with Crippen LogP contribution in [-0.2, 0) is 0 Å². The van der Waals surface area contributed by atoms with Gasteiger partial charge in [-0.1, -0.05) is 18.2 Å². The highest BCUT2D eigenvalue weighted by molar-refractivity contribution is 7.17. The zero-order chi connectivity index (χ0) is 21.6. The van der Waals surface area contributed by atoms with Crippen LogP contribution in [0.25, 0.3) is 10.7 Å². The Balaban J connectivity index is 1.20. The highest BCUT2D eigenvalue weighted by Gasteiger charge is 2.18. The third-order valence-electron chi connectivity index (χ3n) is 5.56. The van der Waals surface area contributed by atoms with E-state index < -0.39 is 0 Å². The van der Waals surface area contributed by atoms with E-state index in [4.69, 9.17) is 0 Å². The molecule has 1 N–H and O–H groups in total. The number of nitrogens with zero attached hydrogens (tertiary/aromatic N) is 4. The Kier molecular flexibility index (Phi) is 6.94. The Labute approximate surface area is 187 Å². The quantitative estimate of drug-likeness (QED) is 0.573. The molecule has 6 nitrogen and oxygen atoms in total. The third-order valence-corrected chi connectivity index (χ3v) is 6.74. The predicted molar refractivity (Wildman–Crippen MR) is 127 cm³/mol. The monoisotopic (exact) mass is 435 g/mol. The van der Waals surface area contributed by atoms with Crippen molar-refractivity contribution in [1.29, 1.82) is 0 Å². The van der Waals surface area contributed by atoms with E-state index in [-0.39, 0.29) is 5.91 Å². The summed E-state index contributed by atoms with van der Waals surface area (Å²) < 4.78 is 0. The molecule has 31 heavy (non-hydrogen) atoms. The van der Waals surface area contributed by atoms with Crippen molar-refractivity contribution in [2.45, 2.75) is 20.3 Å². The molecule has 3 heterocycles. The highest BCUT2D eigenvalue weighted by atomic mass is 32.1. The summed E-state index contributed by atoms with van der Waals surface area (Å²) in [7, 11) is 0. The number of nitrogens with one attached hydrogen (secondary N) is 1. The first-order chi connectivity index (χ1) is 15.1. The maximum atomic E-state index is 12.6. The van der Waals surface area contributed by atoms with Gasteiger partial charge in [0, 0.05) is 44.6 Å². The van der Waals surface area contributed by atoms with Crippen LogP contribution in [0.3, 0.4) is 0 Å². The summed E-state index contributed by atoms with van der Waals surface area (Å²) in [5.74, 6) is -0.0403. The number of thiazole rings is 1. The Morgan fingerprint density at radius 3 is 2.68 bits per heavy atom. The highest BCUT2D eigenvalue weighted by Crippen LogP contribution is 2.26. The van der Waals surface area contributed by atoms with E-state index >= 15 is 0 Å². The van der Waals surface area contributed by atoms with Crippen LogP contribution in [0.4, 0.5) is 5.69 Å². The minimum absolute atomic E-state index is 0.0403. The van der Waals surface area contributed by atoms with E-state index in [0.29, 0.717) is 11.4 Å². The van der Waals surface area contributed by atoms with Gasteiger partial charge in [0.1, 0.15) is 9.88 Å². The predicted octanol–water partition coefficient (Wildman–Crippen LogP) is 3.76. The summed E-state index contributed by atoms with van der Waals surface area (Å²) >= 11 is 1.40. The average molecular weight is 436 g/mol. The Morgan fingerprint density at radius 1 is 1.10 bits per heavy atom. The van der Waals surface area contributed by atoms with Crippen molar-refractivity contribution in [3.05, 3.63) is 64.8 Å². The van der Waals surface area contributed by atoms with Crippen LogP contribution in [0.15, 0.2) is 48.7 Å². The number of piperazine rings is 1. The fourth-order valence-electron chi connectivity index (χ4n) is 3.85. The van der Waals surface area contributed by atoms with Gasteiger partial charge in [0.25, 0.3) is 5.91 Å². The van der Waals surface area contributed by atoms with Crippen molar-refractivity contribution in [2.75, 3.05) is 44.2 Å². The maximum Gasteiger partial charge on any atom is 0.263 e. The number of anilines is 1. The van der Waals surface area contributed by atoms with Gasteiger partial charge >= 0.3 is 0 Å². The number of benzene rings is 1. The van der Waals surface area contributed by atoms with Crippen LogP contribution < -0.4 is 10.2 Å². The van der Waals surface area contributed by atoms with Crippen LogP contribution in [0.5, 0.6) is 0 Å². The lowest BCUT2D eigenvalue weighted by Crippen LogP contribution is -2.47. The van der Waals surface area contributed by atoms with E-state index in [1.807, 2.05) is 25.1 Å². The van der Waals surface area contributed by atoms with Crippen LogP contribution >= 0.6 is 11.3 Å². The Hall–Kier alpha value is -2.77. The van der Waals surface area contributed by atoms with Crippen LogP contribution in [0, 0.1) is 13.8 Å². The van der Waals surface area contributed by atoms with Gasteiger partial charge in [-0.25, -0.2) is 4.98 Å². The maximum absolute atomic E-state index is 12.6. The Bertz CT molecular complexity index is 1010. The zero-order valence-electron chi connectivity index (χ0n) is 18.2. The zero-order valence-corrected chi connectivity index (χ0v) is 19.0. The van der Waals surface area contributed by atoms with E-state index in [1.54, 1.807) is 6.20 Å². The molecular weight excluding hydrogens is 406 g/mol. The molecule has 1 aliphatic rings. The van der Waals surface area contributed by atoms with Crippen molar-refractivity contribution in [3.63, 3.8) is 0 Å². The number of aromatic nitrogens is 2. The largest absolute Gasteiger partial charge is 0.369 e. The Morgan fingerprint density at radius 2 is 1.94 bits per heavy atom. The molecule has 0 unspecified atom stereocenters. The van der Waals surface area contributed by atoms with E-state index in [2.05, 4.69) is 56.3 Å². The molecule has 0 aliphatic carbocycles. The number of hydrogen-bond donors (Lipinski definition) is 1. The van der Waals surface area contributed by atoms with E-state index in [1.165, 1.54) is 22.6 Å². The molecule has 0 atom stereocenters. The number of carbonyl (C=O) groups excluding carboxylic acids is 1. The van der Waals surface area contributed by atoms with Crippen molar-refractivity contribution in [1.82, 2.24) is 20.2 Å². The van der Waals surface area contributed by atoms with E-state index in [0.717, 1.165) is 55.5 Å². The number of amides is 1. The summed E-state index contributed by atoms with van der Waals surface area (Å²) in [6, 6.07) is 14.4. The van der Waals surface area contributed by atoms with Crippen molar-refractivity contribution < 1.29 is 4.79 Å². The van der Waals surface area contributed by atoms with Crippen molar-refractivity contribution in [3.8, 4) is 10.7 Å². The fraction of sp³-hybridized carbons (Fsp3) is 0.375. The molecule has 4 rings (SSSR count). The molecule has 162 valence electrons. The molecule has 1 saturated heterocycles. The molecular formula is C24H29N5OS. The van der Waals surface area contributed by atoms with Gasteiger partial charge in [0.2, 0.25) is 0 Å². The normalized spacial score (nSPS) is 14.6. The second-order valence-electron chi connectivity index (χ2n) is 7.93. The minimum Gasteiger partial charge on any atom is -0.369 e. The lowest BCUT2D eigenvalue weighted by atomic mass is 10.2. The van der Waals surface area contributed by atoms with Gasteiger partial charge in [-0.05, 0) is 56.6 Å². The summed E-state index contributed by atoms with van der Waals surface area (Å²) in [4.78, 5) is 27.1. The summed E-state index contributed by atoms with van der Waals surface area (Å²) in [6.45, 7) is 9.91. The lowest BCUT2D eigenvalue weighted by Gasteiger charge is -2.36. The number of aryl methyl sites for hydroxylation is 2. The number of pyridine rings is 1. The summed E-state index contributed by atoms with van der Waals surface area (Å²) in [5, 5.41) is 3.85.